The van der Waals surface area contributed by atoms with Crippen molar-refractivity contribution in [2.24, 2.45) is 5.73 Å². The molecule has 0 aliphatic carbocycles. The van der Waals surface area contributed by atoms with Crippen LogP contribution in [0.3, 0.4) is 0 Å². The first-order valence-electron chi connectivity index (χ1n) is 5.90. The Bertz CT molecular complexity index is 570. The summed E-state index contributed by atoms with van der Waals surface area (Å²) in [6.07, 6.45) is -0.631. The molecular weight excluding hydrogens is 301 g/mol. The van der Waals surface area contributed by atoms with Gasteiger partial charge in [-0.3, -0.25) is 0 Å². The zero-order chi connectivity index (χ0) is 14.0. The van der Waals surface area contributed by atoms with Crippen molar-refractivity contribution in [1.29, 1.82) is 0 Å². The van der Waals surface area contributed by atoms with Crippen molar-refractivity contribution in [2.75, 3.05) is 6.54 Å². The second-order valence-electron chi connectivity index (χ2n) is 4.47. The van der Waals surface area contributed by atoms with Crippen LogP contribution in [0.25, 0.3) is 0 Å². The molecule has 0 saturated carbocycles. The predicted octanol–water partition coefficient (Wildman–Crippen LogP) is 4.14. The molecule has 0 bridgehead atoms. The summed E-state index contributed by atoms with van der Waals surface area (Å²) in [5, 5.41) is 15.5. The molecule has 2 aromatic rings. The predicted molar refractivity (Wildman–Crippen MR) is 82.3 cm³/mol. The SMILES string of the molecule is Cc1cscc1C(O)C(CN)c1ccc(Cl)c(Cl)c1. The Morgan fingerprint density at radius 1 is 1.26 bits per heavy atom. The average molecular weight is 316 g/mol. The van der Waals surface area contributed by atoms with E-state index in [0.29, 0.717) is 16.6 Å². The van der Waals surface area contributed by atoms with Gasteiger partial charge in [-0.25, -0.2) is 0 Å². The van der Waals surface area contributed by atoms with Gasteiger partial charge < -0.3 is 10.8 Å². The smallest absolute Gasteiger partial charge is 0.0881 e. The first kappa shape index (κ1) is 14.8. The molecule has 0 radical (unpaired) electrons. The Hall–Kier alpha value is -0.580. The van der Waals surface area contributed by atoms with E-state index in [2.05, 4.69) is 0 Å². The lowest BCUT2D eigenvalue weighted by molar-refractivity contribution is 0.147. The van der Waals surface area contributed by atoms with E-state index < -0.39 is 6.10 Å². The molecule has 5 heteroatoms. The molecule has 2 unspecified atom stereocenters. The average Bonchev–Trinajstić information content (AvgIpc) is 2.80. The van der Waals surface area contributed by atoms with Crippen LogP contribution in [-0.2, 0) is 0 Å². The topological polar surface area (TPSA) is 46.2 Å². The second kappa shape index (κ2) is 6.25. The molecule has 102 valence electrons. The molecule has 1 aromatic heterocycles. The number of hydrogen-bond acceptors (Lipinski definition) is 3. The molecule has 3 N–H and O–H groups in total. The van der Waals surface area contributed by atoms with Crippen molar-refractivity contribution in [2.45, 2.75) is 18.9 Å². The molecular formula is C14H15Cl2NOS. The van der Waals surface area contributed by atoms with Crippen LogP contribution in [0.4, 0.5) is 0 Å². The van der Waals surface area contributed by atoms with Gasteiger partial charge >= 0.3 is 0 Å². The minimum atomic E-state index is -0.631. The number of hydrogen-bond donors (Lipinski definition) is 2. The summed E-state index contributed by atoms with van der Waals surface area (Å²) in [5.41, 5.74) is 8.72. The van der Waals surface area contributed by atoms with Crippen LogP contribution in [0.2, 0.25) is 10.0 Å². The molecule has 19 heavy (non-hydrogen) atoms. The molecule has 0 aliphatic heterocycles. The zero-order valence-corrected chi connectivity index (χ0v) is 12.8. The highest BCUT2D eigenvalue weighted by molar-refractivity contribution is 7.08. The first-order valence-corrected chi connectivity index (χ1v) is 7.60. The first-order chi connectivity index (χ1) is 9.04. The fourth-order valence-electron chi connectivity index (χ4n) is 2.08. The van der Waals surface area contributed by atoms with Gasteiger partial charge in [0.25, 0.3) is 0 Å². The van der Waals surface area contributed by atoms with E-state index in [9.17, 15) is 5.11 Å². The maximum absolute atomic E-state index is 10.5. The monoisotopic (exact) mass is 315 g/mol. The Labute approximate surface area is 126 Å². The Kier molecular flexibility index (Phi) is 4.87. The van der Waals surface area contributed by atoms with Crippen molar-refractivity contribution >= 4 is 34.5 Å². The Morgan fingerprint density at radius 2 is 2.00 bits per heavy atom. The summed E-state index contributed by atoms with van der Waals surface area (Å²) in [6.45, 7) is 2.33. The summed E-state index contributed by atoms with van der Waals surface area (Å²) in [6, 6.07) is 5.36. The van der Waals surface area contributed by atoms with Crippen LogP contribution in [0.15, 0.2) is 29.0 Å². The van der Waals surface area contributed by atoms with Crippen LogP contribution in [0, 0.1) is 6.92 Å². The van der Waals surface area contributed by atoms with Crippen molar-refractivity contribution in [1.82, 2.24) is 0 Å². The van der Waals surface area contributed by atoms with Gasteiger partial charge in [-0.1, -0.05) is 29.3 Å². The molecule has 0 fully saturated rings. The molecule has 2 atom stereocenters. The maximum atomic E-state index is 10.5. The Morgan fingerprint density at radius 3 is 2.53 bits per heavy atom. The summed E-state index contributed by atoms with van der Waals surface area (Å²) < 4.78 is 0. The minimum absolute atomic E-state index is 0.192. The number of nitrogens with two attached hydrogens (primary N) is 1. The lowest BCUT2D eigenvalue weighted by Crippen LogP contribution is -2.20. The molecule has 2 rings (SSSR count). The second-order valence-corrected chi connectivity index (χ2v) is 6.03. The molecule has 1 heterocycles. The zero-order valence-electron chi connectivity index (χ0n) is 10.4. The lowest BCUT2D eigenvalue weighted by Gasteiger charge is -2.22. The van der Waals surface area contributed by atoms with Gasteiger partial charge in [-0.15, -0.1) is 0 Å². The minimum Gasteiger partial charge on any atom is -0.388 e. The van der Waals surface area contributed by atoms with E-state index in [1.807, 2.05) is 23.8 Å². The van der Waals surface area contributed by atoms with Gasteiger partial charge in [0.05, 0.1) is 16.1 Å². The number of benzene rings is 1. The summed E-state index contributed by atoms with van der Waals surface area (Å²) in [7, 11) is 0. The van der Waals surface area contributed by atoms with Gasteiger partial charge in [0.15, 0.2) is 0 Å². The summed E-state index contributed by atoms with van der Waals surface area (Å²) in [5.74, 6) is -0.192. The van der Waals surface area contributed by atoms with E-state index in [-0.39, 0.29) is 5.92 Å². The van der Waals surface area contributed by atoms with Crippen molar-refractivity contribution in [3.05, 3.63) is 55.7 Å². The van der Waals surface area contributed by atoms with Crippen LogP contribution in [0.1, 0.15) is 28.7 Å². The summed E-state index contributed by atoms with van der Waals surface area (Å²) in [4.78, 5) is 0. The highest BCUT2D eigenvalue weighted by atomic mass is 35.5. The normalized spacial score (nSPS) is 14.4. The molecule has 0 aliphatic rings. The van der Waals surface area contributed by atoms with Gasteiger partial charge in [-0.05, 0) is 46.5 Å². The number of aliphatic hydroxyl groups excluding tert-OH is 1. The van der Waals surface area contributed by atoms with E-state index in [1.165, 1.54) is 0 Å². The molecule has 0 saturated heterocycles. The maximum Gasteiger partial charge on any atom is 0.0881 e. The van der Waals surface area contributed by atoms with E-state index >= 15 is 0 Å². The lowest BCUT2D eigenvalue weighted by atomic mass is 9.89. The van der Waals surface area contributed by atoms with Gasteiger partial charge in [0.1, 0.15) is 0 Å². The molecule has 1 aromatic carbocycles. The number of halogens is 2. The molecule has 0 amide bonds. The number of rotatable bonds is 4. The number of aryl methyl sites for hydroxylation is 1. The van der Waals surface area contributed by atoms with Crippen LogP contribution < -0.4 is 5.73 Å². The van der Waals surface area contributed by atoms with Crippen molar-refractivity contribution in [3.8, 4) is 0 Å². The fraction of sp³-hybridized carbons (Fsp3) is 0.286. The van der Waals surface area contributed by atoms with Crippen LogP contribution >= 0.6 is 34.5 Å². The van der Waals surface area contributed by atoms with Crippen LogP contribution in [-0.4, -0.2) is 11.7 Å². The standard InChI is InChI=1S/C14H15Cl2NOS/c1-8-6-19-7-11(8)14(18)10(5-17)9-2-3-12(15)13(16)4-9/h2-4,6-7,10,14,18H,5,17H2,1H3. The fourth-order valence-corrected chi connectivity index (χ4v) is 3.27. The largest absolute Gasteiger partial charge is 0.388 e. The highest BCUT2D eigenvalue weighted by Crippen LogP contribution is 2.35. The van der Waals surface area contributed by atoms with E-state index in [0.717, 1.165) is 16.7 Å². The number of thiophene rings is 1. The van der Waals surface area contributed by atoms with Crippen molar-refractivity contribution in [3.63, 3.8) is 0 Å². The Balaban J connectivity index is 2.34. The highest BCUT2D eigenvalue weighted by Gasteiger charge is 2.23. The third kappa shape index (κ3) is 3.12. The van der Waals surface area contributed by atoms with E-state index in [4.69, 9.17) is 28.9 Å². The van der Waals surface area contributed by atoms with Gasteiger partial charge in [0, 0.05) is 12.5 Å². The van der Waals surface area contributed by atoms with Gasteiger partial charge in [-0.2, -0.15) is 11.3 Å². The number of aliphatic hydroxyl groups is 1. The molecule has 0 spiro atoms. The summed E-state index contributed by atoms with van der Waals surface area (Å²) >= 11 is 13.5. The molecule has 2 nitrogen and oxygen atoms in total. The van der Waals surface area contributed by atoms with Crippen LogP contribution in [0.5, 0.6) is 0 Å². The van der Waals surface area contributed by atoms with E-state index in [1.54, 1.807) is 23.5 Å². The van der Waals surface area contributed by atoms with Gasteiger partial charge in [0.2, 0.25) is 0 Å². The van der Waals surface area contributed by atoms with Crippen molar-refractivity contribution < 1.29 is 5.11 Å². The third-order valence-electron chi connectivity index (χ3n) is 3.22. The quantitative estimate of drug-likeness (QED) is 0.890. The third-order valence-corrected chi connectivity index (χ3v) is 4.84.